The van der Waals surface area contributed by atoms with Crippen LogP contribution in [0.1, 0.15) is 4.88 Å². The molecule has 2 aromatic heterocycles. The molecule has 0 saturated heterocycles. The summed E-state index contributed by atoms with van der Waals surface area (Å²) in [5, 5.41) is 2.44. The zero-order chi connectivity index (χ0) is 13.0. The average Bonchev–Trinajstić information content (AvgIpc) is 2.98. The number of carbonyl (C=O) groups is 2. The second kappa shape index (κ2) is 5.50. The monoisotopic (exact) mass is 264 g/mol. The summed E-state index contributed by atoms with van der Waals surface area (Å²) >= 11 is 1.59. The minimum absolute atomic E-state index is 0.389. The molecule has 0 aliphatic rings. The summed E-state index contributed by atoms with van der Waals surface area (Å²) in [6.45, 7) is 0.389. The van der Waals surface area contributed by atoms with Crippen LogP contribution in [0.3, 0.4) is 0 Å². The lowest BCUT2D eigenvalue weighted by Crippen LogP contribution is -2.36. The summed E-state index contributed by atoms with van der Waals surface area (Å²) in [5.74, 6) is -0.886. The highest BCUT2D eigenvalue weighted by molar-refractivity contribution is 7.15. The summed E-state index contributed by atoms with van der Waals surface area (Å²) in [4.78, 5) is 23.6. The van der Waals surface area contributed by atoms with Crippen molar-refractivity contribution in [3.05, 3.63) is 35.4 Å². The van der Waals surface area contributed by atoms with Crippen LogP contribution in [0.4, 0.5) is 0 Å². The molecule has 2 rings (SSSR count). The van der Waals surface area contributed by atoms with Gasteiger partial charge < -0.3 is 15.5 Å². The Morgan fingerprint density at radius 3 is 2.83 bits per heavy atom. The topological polar surface area (TPSA) is 85.3 Å². The Kier molecular flexibility index (Phi) is 3.78. The zero-order valence-electron chi connectivity index (χ0n) is 9.51. The molecule has 5 nitrogen and oxygen atoms in total. The van der Waals surface area contributed by atoms with E-state index in [4.69, 9.17) is 10.2 Å². The number of carbonyl (C=O) groups excluding carboxylic acids is 2. The summed E-state index contributed by atoms with van der Waals surface area (Å²) in [6, 6.07) is 7.67. The molecule has 18 heavy (non-hydrogen) atoms. The lowest BCUT2D eigenvalue weighted by Gasteiger charge is -1.99. The molecule has 2 heterocycles. The maximum absolute atomic E-state index is 10.9. The van der Waals surface area contributed by atoms with Gasteiger partial charge in [-0.2, -0.15) is 0 Å². The third kappa shape index (κ3) is 2.98. The van der Waals surface area contributed by atoms with Crippen LogP contribution in [0, 0.1) is 0 Å². The van der Waals surface area contributed by atoms with Gasteiger partial charge in [-0.3, -0.25) is 9.59 Å². The molecule has 0 unspecified atom stereocenters. The molecule has 0 saturated carbocycles. The number of amides is 2. The molecule has 2 amide bonds. The van der Waals surface area contributed by atoms with E-state index in [1.165, 1.54) is 0 Å². The third-order valence-corrected chi connectivity index (χ3v) is 3.47. The van der Waals surface area contributed by atoms with Gasteiger partial charge in [0.1, 0.15) is 5.76 Å². The fourth-order valence-electron chi connectivity index (χ4n) is 1.45. The van der Waals surface area contributed by atoms with E-state index in [9.17, 15) is 9.59 Å². The number of thiophene rings is 1. The molecular formula is C12H12N2O3S. The van der Waals surface area contributed by atoms with Gasteiger partial charge in [-0.15, -0.1) is 11.3 Å². The first-order chi connectivity index (χ1) is 8.66. The molecule has 0 radical (unpaired) electrons. The Bertz CT molecular complexity index is 545. The molecule has 3 N–H and O–H groups in total. The van der Waals surface area contributed by atoms with Gasteiger partial charge in [-0.25, -0.2) is 0 Å². The summed E-state index contributed by atoms with van der Waals surface area (Å²) in [7, 11) is 0. The fourth-order valence-corrected chi connectivity index (χ4v) is 2.43. The number of nitrogens with two attached hydrogens (primary N) is 1. The van der Waals surface area contributed by atoms with Crippen LogP contribution in [0.25, 0.3) is 10.6 Å². The minimum atomic E-state index is -0.961. The molecule has 94 valence electrons. The van der Waals surface area contributed by atoms with E-state index in [0.29, 0.717) is 13.0 Å². The Balaban J connectivity index is 1.88. The maximum atomic E-state index is 10.9. The second-order valence-corrected chi connectivity index (χ2v) is 4.78. The Morgan fingerprint density at radius 2 is 2.17 bits per heavy atom. The molecule has 0 atom stereocenters. The number of furan rings is 1. The van der Waals surface area contributed by atoms with Crippen LogP contribution in [-0.4, -0.2) is 18.4 Å². The largest absolute Gasteiger partial charge is 0.464 e. The van der Waals surface area contributed by atoms with Crippen molar-refractivity contribution >= 4 is 23.2 Å². The SMILES string of the molecule is NC(=O)C(=O)NCCc1ccc(-c2ccco2)s1. The predicted octanol–water partition coefficient (Wildman–Crippen LogP) is 1.15. The van der Waals surface area contributed by atoms with E-state index in [1.807, 2.05) is 24.3 Å². The van der Waals surface area contributed by atoms with Crippen LogP contribution < -0.4 is 11.1 Å². The lowest BCUT2D eigenvalue weighted by molar-refractivity contribution is -0.137. The van der Waals surface area contributed by atoms with Gasteiger partial charge in [0, 0.05) is 11.4 Å². The van der Waals surface area contributed by atoms with E-state index >= 15 is 0 Å². The molecule has 2 aromatic rings. The summed E-state index contributed by atoms with van der Waals surface area (Å²) in [5.41, 5.74) is 4.82. The first-order valence-corrected chi connectivity index (χ1v) is 6.18. The highest BCUT2D eigenvalue weighted by Gasteiger charge is 2.08. The minimum Gasteiger partial charge on any atom is -0.464 e. The highest BCUT2D eigenvalue weighted by Crippen LogP contribution is 2.28. The second-order valence-electron chi connectivity index (χ2n) is 3.61. The van der Waals surface area contributed by atoms with Crippen LogP contribution in [0.15, 0.2) is 34.9 Å². The molecule has 6 heteroatoms. The van der Waals surface area contributed by atoms with Crippen molar-refractivity contribution in [2.75, 3.05) is 6.54 Å². The van der Waals surface area contributed by atoms with Gasteiger partial charge in [-0.1, -0.05) is 0 Å². The highest BCUT2D eigenvalue weighted by atomic mass is 32.1. The van der Waals surface area contributed by atoms with Gasteiger partial charge in [-0.05, 0) is 30.7 Å². The number of hydrogen-bond acceptors (Lipinski definition) is 4. The van der Waals surface area contributed by atoms with Gasteiger partial charge in [0.05, 0.1) is 11.1 Å². The van der Waals surface area contributed by atoms with Crippen molar-refractivity contribution in [3.8, 4) is 10.6 Å². The van der Waals surface area contributed by atoms with Gasteiger partial charge in [0.25, 0.3) is 0 Å². The molecule has 0 aromatic carbocycles. The number of nitrogens with one attached hydrogen (secondary N) is 1. The van der Waals surface area contributed by atoms with Crippen molar-refractivity contribution in [2.45, 2.75) is 6.42 Å². The van der Waals surface area contributed by atoms with Crippen molar-refractivity contribution in [1.29, 1.82) is 0 Å². The average molecular weight is 264 g/mol. The quantitative estimate of drug-likeness (QED) is 0.812. The van der Waals surface area contributed by atoms with E-state index in [0.717, 1.165) is 15.5 Å². The van der Waals surface area contributed by atoms with Crippen LogP contribution >= 0.6 is 11.3 Å². The van der Waals surface area contributed by atoms with Crippen LogP contribution in [0.5, 0.6) is 0 Å². The lowest BCUT2D eigenvalue weighted by atomic mass is 10.3. The van der Waals surface area contributed by atoms with Gasteiger partial charge >= 0.3 is 11.8 Å². The van der Waals surface area contributed by atoms with Crippen LogP contribution in [-0.2, 0) is 16.0 Å². The summed E-state index contributed by atoms with van der Waals surface area (Å²) < 4.78 is 5.29. The van der Waals surface area contributed by atoms with E-state index in [-0.39, 0.29) is 0 Å². The Labute approximate surface area is 108 Å². The standard InChI is InChI=1S/C12H12N2O3S/c13-11(15)12(16)14-6-5-8-3-4-10(18-8)9-2-1-7-17-9/h1-4,7H,5-6H2,(H2,13,15)(H,14,16). The normalized spacial score (nSPS) is 10.2. The number of primary amides is 1. The smallest absolute Gasteiger partial charge is 0.309 e. The third-order valence-electron chi connectivity index (χ3n) is 2.31. The van der Waals surface area contributed by atoms with E-state index in [2.05, 4.69) is 5.32 Å². The Hall–Kier alpha value is -2.08. The number of rotatable bonds is 4. The van der Waals surface area contributed by atoms with E-state index in [1.54, 1.807) is 17.6 Å². The molecule has 0 bridgehead atoms. The van der Waals surface area contributed by atoms with Gasteiger partial charge in [0.15, 0.2) is 0 Å². The van der Waals surface area contributed by atoms with E-state index < -0.39 is 11.8 Å². The summed E-state index contributed by atoms with van der Waals surface area (Å²) in [6.07, 6.45) is 2.28. The Morgan fingerprint density at radius 1 is 1.33 bits per heavy atom. The molecule has 0 aliphatic heterocycles. The zero-order valence-corrected chi connectivity index (χ0v) is 10.3. The molecule has 0 aliphatic carbocycles. The van der Waals surface area contributed by atoms with Gasteiger partial charge in [0.2, 0.25) is 0 Å². The predicted molar refractivity (Wildman–Crippen MR) is 67.9 cm³/mol. The molecule has 0 spiro atoms. The number of hydrogen-bond donors (Lipinski definition) is 2. The molecular weight excluding hydrogens is 252 g/mol. The van der Waals surface area contributed by atoms with Crippen molar-refractivity contribution < 1.29 is 14.0 Å². The van der Waals surface area contributed by atoms with Crippen molar-refractivity contribution in [2.24, 2.45) is 5.73 Å². The first kappa shape index (κ1) is 12.4. The first-order valence-electron chi connectivity index (χ1n) is 5.37. The van der Waals surface area contributed by atoms with Crippen molar-refractivity contribution in [1.82, 2.24) is 5.32 Å². The van der Waals surface area contributed by atoms with Crippen LogP contribution in [0.2, 0.25) is 0 Å². The fraction of sp³-hybridized carbons (Fsp3) is 0.167. The maximum Gasteiger partial charge on any atom is 0.309 e. The van der Waals surface area contributed by atoms with Crippen molar-refractivity contribution in [3.63, 3.8) is 0 Å². The molecule has 0 fully saturated rings.